The van der Waals surface area contributed by atoms with E-state index >= 15 is 4.79 Å². The molecule has 0 spiro atoms. The van der Waals surface area contributed by atoms with Crippen LogP contribution in [0, 0.1) is 11.3 Å². The Kier molecular flexibility index (Phi) is 10.5. The Labute approximate surface area is 293 Å². The first kappa shape index (κ1) is 35.6. The first-order chi connectivity index (χ1) is 22.7. The van der Waals surface area contributed by atoms with Gasteiger partial charge in [0.05, 0.1) is 12.0 Å². The quantitative estimate of drug-likeness (QED) is 0.426. The average molecular weight is 684 g/mol. The zero-order valence-electron chi connectivity index (χ0n) is 30.1. The number of likely N-dealkylation sites (tertiary alicyclic amines) is 2. The second kappa shape index (κ2) is 14.2. The number of amides is 3. The van der Waals surface area contributed by atoms with Crippen LogP contribution < -0.4 is 0 Å². The van der Waals surface area contributed by atoms with E-state index in [-0.39, 0.29) is 52.6 Å². The third-order valence-corrected chi connectivity index (χ3v) is 12.4. The summed E-state index contributed by atoms with van der Waals surface area (Å²) in [6, 6.07) is 7.21. The van der Waals surface area contributed by atoms with Gasteiger partial charge in [-0.1, -0.05) is 37.6 Å². The Hall–Kier alpha value is -2.20. The Bertz CT molecular complexity index is 1310. The van der Waals surface area contributed by atoms with Crippen LogP contribution in [0.1, 0.15) is 91.0 Å². The van der Waals surface area contributed by atoms with Gasteiger partial charge in [0.1, 0.15) is 12.1 Å². The molecule has 1 unspecified atom stereocenters. The molecule has 5 aliphatic rings. The van der Waals surface area contributed by atoms with Gasteiger partial charge in [0.2, 0.25) is 11.8 Å². The molecule has 1 aromatic carbocycles. The smallest absolute Gasteiger partial charge is 0.252 e. The predicted octanol–water partition coefficient (Wildman–Crippen LogP) is 4.87. The largest absolute Gasteiger partial charge is 0.368 e. The van der Waals surface area contributed by atoms with E-state index in [9.17, 15) is 9.59 Å². The number of likely N-dealkylation sites (N-methyl/N-ethyl adjacent to an activating group) is 1. The lowest BCUT2D eigenvalue weighted by molar-refractivity contribution is -0.148. The van der Waals surface area contributed by atoms with Gasteiger partial charge in [-0.25, -0.2) is 0 Å². The van der Waals surface area contributed by atoms with Crippen LogP contribution in [0.5, 0.6) is 0 Å². The molecule has 48 heavy (non-hydrogen) atoms. The Morgan fingerprint density at radius 2 is 1.56 bits per heavy atom. The summed E-state index contributed by atoms with van der Waals surface area (Å²) in [7, 11) is 2.08. The van der Waals surface area contributed by atoms with Crippen molar-refractivity contribution in [3.8, 4) is 0 Å². The molecule has 5 fully saturated rings. The van der Waals surface area contributed by atoms with Gasteiger partial charge in [-0.3, -0.25) is 19.3 Å². The van der Waals surface area contributed by atoms with Gasteiger partial charge in [-0.2, -0.15) is 0 Å². The maximum absolute atomic E-state index is 15.0. The number of rotatable bonds is 6. The number of hydrogen-bond acceptors (Lipinski definition) is 6. The molecule has 4 heterocycles. The van der Waals surface area contributed by atoms with E-state index in [0.29, 0.717) is 44.2 Å². The first-order valence-electron chi connectivity index (χ1n) is 18.4. The molecule has 3 amide bonds. The zero-order valence-corrected chi connectivity index (χ0v) is 30.9. The lowest BCUT2D eigenvalue weighted by Gasteiger charge is -2.43. The summed E-state index contributed by atoms with van der Waals surface area (Å²) in [5.41, 5.74) is 1.24. The number of halogens is 1. The molecule has 4 aliphatic heterocycles. The van der Waals surface area contributed by atoms with E-state index in [1.165, 1.54) is 0 Å². The van der Waals surface area contributed by atoms with Gasteiger partial charge in [0.25, 0.3) is 5.91 Å². The van der Waals surface area contributed by atoms with Crippen molar-refractivity contribution in [1.82, 2.24) is 24.5 Å². The maximum atomic E-state index is 15.0. The minimum atomic E-state index is -0.583. The molecule has 10 heteroatoms. The second-order valence-corrected chi connectivity index (χ2v) is 17.4. The third-order valence-electron chi connectivity index (χ3n) is 12.1. The van der Waals surface area contributed by atoms with Crippen LogP contribution in [-0.4, -0.2) is 131 Å². The van der Waals surface area contributed by atoms with Crippen molar-refractivity contribution in [1.29, 1.82) is 0 Å². The highest BCUT2D eigenvalue weighted by molar-refractivity contribution is 6.30. The van der Waals surface area contributed by atoms with Crippen molar-refractivity contribution in [3.05, 3.63) is 34.9 Å². The molecule has 9 nitrogen and oxygen atoms in total. The molecule has 1 aromatic rings. The molecular weight excluding hydrogens is 626 g/mol. The number of hydrogen-bond donors (Lipinski definition) is 0. The SMILES string of the molecule is CN1CCN(C(=O)[C@@H]2CC(N(C(=O)[C@@H]3CCCO3)C3CCC(C)(C)CC3)CN2C(=O)[C@@H]2CN(C(C)(C)C)C[C@H]2c2ccc(Cl)cc2)CC1. The molecule has 0 radical (unpaired) electrons. The molecule has 1 saturated carbocycles. The highest BCUT2D eigenvalue weighted by Gasteiger charge is 2.51. The minimum Gasteiger partial charge on any atom is -0.368 e. The van der Waals surface area contributed by atoms with E-state index < -0.39 is 12.1 Å². The summed E-state index contributed by atoms with van der Waals surface area (Å²) in [6.45, 7) is 16.6. The third kappa shape index (κ3) is 7.59. The van der Waals surface area contributed by atoms with Gasteiger partial charge in [-0.05, 0) is 95.9 Å². The number of ether oxygens (including phenoxy) is 1. The van der Waals surface area contributed by atoms with Crippen LogP contribution >= 0.6 is 11.6 Å². The summed E-state index contributed by atoms with van der Waals surface area (Å²) >= 11 is 6.28. The molecule has 6 rings (SSSR count). The normalized spacial score (nSPS) is 30.6. The van der Waals surface area contributed by atoms with E-state index in [2.05, 4.69) is 56.4 Å². The summed E-state index contributed by atoms with van der Waals surface area (Å²) in [4.78, 5) is 54.4. The fraction of sp³-hybridized carbons (Fsp3) is 0.763. The molecule has 266 valence electrons. The Balaban J connectivity index is 1.33. The summed E-state index contributed by atoms with van der Waals surface area (Å²) < 4.78 is 5.97. The van der Waals surface area contributed by atoms with E-state index in [1.54, 1.807) is 0 Å². The summed E-state index contributed by atoms with van der Waals surface area (Å²) in [6.07, 6.45) is 5.67. The van der Waals surface area contributed by atoms with Crippen LogP contribution in [0.3, 0.4) is 0 Å². The van der Waals surface area contributed by atoms with E-state index in [4.69, 9.17) is 16.3 Å². The van der Waals surface area contributed by atoms with Crippen LogP contribution in [0.25, 0.3) is 0 Å². The number of carbonyl (C=O) groups is 3. The van der Waals surface area contributed by atoms with Crippen molar-refractivity contribution in [2.45, 2.75) is 115 Å². The lowest BCUT2D eigenvalue weighted by atomic mass is 9.75. The highest BCUT2D eigenvalue weighted by Crippen LogP contribution is 2.42. The van der Waals surface area contributed by atoms with Gasteiger partial charge in [-0.15, -0.1) is 0 Å². The number of piperazine rings is 1. The topological polar surface area (TPSA) is 76.6 Å². The van der Waals surface area contributed by atoms with Crippen molar-refractivity contribution in [2.75, 3.05) is 59.5 Å². The van der Waals surface area contributed by atoms with Gasteiger partial charge in [0.15, 0.2) is 0 Å². The Morgan fingerprint density at radius 1 is 0.896 bits per heavy atom. The molecule has 4 saturated heterocycles. The van der Waals surface area contributed by atoms with Crippen LogP contribution in [0.4, 0.5) is 0 Å². The maximum Gasteiger partial charge on any atom is 0.252 e. The van der Waals surface area contributed by atoms with Gasteiger partial charge in [0, 0.05) is 74.9 Å². The molecule has 1 aliphatic carbocycles. The highest BCUT2D eigenvalue weighted by atomic mass is 35.5. The minimum absolute atomic E-state index is 0.0161. The van der Waals surface area contributed by atoms with Crippen LogP contribution in [-0.2, 0) is 19.1 Å². The molecule has 0 bridgehead atoms. The monoisotopic (exact) mass is 683 g/mol. The fourth-order valence-corrected chi connectivity index (χ4v) is 8.98. The fourth-order valence-electron chi connectivity index (χ4n) is 8.85. The van der Waals surface area contributed by atoms with Crippen molar-refractivity contribution in [2.24, 2.45) is 11.3 Å². The average Bonchev–Trinajstić information content (AvgIpc) is 3.82. The van der Waals surface area contributed by atoms with Gasteiger partial charge < -0.3 is 24.3 Å². The second-order valence-electron chi connectivity index (χ2n) is 17.0. The number of carbonyl (C=O) groups excluding carboxylic acids is 3. The number of benzene rings is 1. The van der Waals surface area contributed by atoms with Crippen LogP contribution in [0.2, 0.25) is 5.02 Å². The van der Waals surface area contributed by atoms with Crippen molar-refractivity contribution < 1.29 is 19.1 Å². The standard InChI is InChI=1S/C38H58ClN5O4/c1-37(2,3)42-24-30(26-9-11-27(39)12-10-26)31(25-42)34(45)43-23-29(22-32(43)35(46)41-19-17-40(6)18-20-41)44(36(47)33-8-7-21-48-33)28-13-15-38(4,5)16-14-28/h9-12,28-33H,7-8,13-25H2,1-6H3/t29?,30-,31+,32-,33-/m0/s1. The molecule has 0 aromatic heterocycles. The first-order valence-corrected chi connectivity index (χ1v) is 18.8. The van der Waals surface area contributed by atoms with E-state index in [1.807, 2.05) is 34.1 Å². The lowest BCUT2D eigenvalue weighted by Crippen LogP contribution is -2.54. The summed E-state index contributed by atoms with van der Waals surface area (Å²) in [5.74, 6) is -0.198. The Morgan fingerprint density at radius 3 is 2.17 bits per heavy atom. The molecule has 0 N–H and O–H groups in total. The predicted molar refractivity (Wildman–Crippen MR) is 189 cm³/mol. The zero-order chi connectivity index (χ0) is 34.4. The van der Waals surface area contributed by atoms with Crippen molar-refractivity contribution in [3.63, 3.8) is 0 Å². The van der Waals surface area contributed by atoms with Crippen molar-refractivity contribution >= 4 is 29.3 Å². The molecular formula is C38H58ClN5O4. The van der Waals surface area contributed by atoms with E-state index in [0.717, 1.165) is 63.7 Å². The van der Waals surface area contributed by atoms with Crippen LogP contribution in [0.15, 0.2) is 24.3 Å². The van der Waals surface area contributed by atoms with Gasteiger partial charge >= 0.3 is 0 Å². The summed E-state index contributed by atoms with van der Waals surface area (Å²) in [5, 5.41) is 0.676. The molecule has 5 atom stereocenters. The number of nitrogens with zero attached hydrogens (tertiary/aromatic N) is 5.